The number of carbonyl (C=O) groups is 1. The SMILES string of the molecule is CCS(=O)(=O)CCNC(C)(C)CC(N)=O. The second-order valence-electron chi connectivity index (χ2n) is 4.19. The van der Waals surface area contributed by atoms with Crippen LogP contribution in [0.1, 0.15) is 27.2 Å². The molecule has 0 aliphatic rings. The van der Waals surface area contributed by atoms with Gasteiger partial charge in [-0.3, -0.25) is 4.79 Å². The highest BCUT2D eigenvalue weighted by molar-refractivity contribution is 7.91. The molecule has 0 aliphatic heterocycles. The van der Waals surface area contributed by atoms with Crippen LogP contribution in [0.2, 0.25) is 0 Å². The minimum absolute atomic E-state index is 0.0890. The molecule has 0 bridgehead atoms. The zero-order valence-electron chi connectivity index (χ0n) is 9.54. The van der Waals surface area contributed by atoms with Crippen molar-refractivity contribution in [1.82, 2.24) is 5.32 Å². The van der Waals surface area contributed by atoms with Gasteiger partial charge in [-0.25, -0.2) is 8.42 Å². The molecule has 0 heterocycles. The first kappa shape index (κ1) is 14.4. The molecule has 90 valence electrons. The van der Waals surface area contributed by atoms with E-state index < -0.39 is 21.3 Å². The summed E-state index contributed by atoms with van der Waals surface area (Å²) in [5, 5.41) is 3.00. The Bertz CT molecular complexity index is 309. The summed E-state index contributed by atoms with van der Waals surface area (Å²) in [7, 11) is -2.95. The Hall–Kier alpha value is -0.620. The summed E-state index contributed by atoms with van der Waals surface area (Å²) in [5.74, 6) is -0.165. The molecule has 0 radical (unpaired) electrons. The third-order valence-corrected chi connectivity index (χ3v) is 3.78. The summed E-state index contributed by atoms with van der Waals surface area (Å²) in [6, 6.07) is 0. The summed E-state index contributed by atoms with van der Waals surface area (Å²) in [5.41, 5.74) is 4.62. The van der Waals surface area contributed by atoms with Crippen LogP contribution in [0.5, 0.6) is 0 Å². The zero-order chi connectivity index (χ0) is 12.1. The van der Waals surface area contributed by atoms with E-state index in [1.807, 2.05) is 13.8 Å². The van der Waals surface area contributed by atoms with Gasteiger partial charge in [-0.05, 0) is 13.8 Å². The van der Waals surface area contributed by atoms with Gasteiger partial charge in [0.2, 0.25) is 5.91 Å². The number of hydrogen-bond donors (Lipinski definition) is 2. The van der Waals surface area contributed by atoms with E-state index in [1.54, 1.807) is 6.92 Å². The summed E-state index contributed by atoms with van der Waals surface area (Å²) in [4.78, 5) is 10.7. The number of nitrogens with two attached hydrogens (primary N) is 1. The van der Waals surface area contributed by atoms with Crippen molar-refractivity contribution < 1.29 is 13.2 Å². The van der Waals surface area contributed by atoms with Gasteiger partial charge >= 0.3 is 0 Å². The van der Waals surface area contributed by atoms with E-state index in [9.17, 15) is 13.2 Å². The van der Waals surface area contributed by atoms with E-state index >= 15 is 0 Å². The van der Waals surface area contributed by atoms with Gasteiger partial charge < -0.3 is 11.1 Å². The van der Waals surface area contributed by atoms with Crippen molar-refractivity contribution in [1.29, 1.82) is 0 Å². The standard InChI is InChI=1S/C9H20N2O3S/c1-4-15(13,14)6-5-11-9(2,3)7-8(10)12/h11H,4-7H2,1-3H3,(H2,10,12). The van der Waals surface area contributed by atoms with Crippen LogP contribution in [0, 0.1) is 0 Å². The van der Waals surface area contributed by atoms with Crippen molar-refractivity contribution in [2.45, 2.75) is 32.7 Å². The largest absolute Gasteiger partial charge is 0.370 e. The number of nitrogens with one attached hydrogen (secondary N) is 1. The first-order valence-electron chi connectivity index (χ1n) is 4.92. The maximum Gasteiger partial charge on any atom is 0.219 e. The lowest BCUT2D eigenvalue weighted by Crippen LogP contribution is -2.44. The maximum absolute atomic E-state index is 11.2. The molecule has 6 heteroatoms. The average Bonchev–Trinajstić information content (AvgIpc) is 2.00. The van der Waals surface area contributed by atoms with E-state index in [0.29, 0.717) is 6.54 Å². The second kappa shape index (κ2) is 5.46. The van der Waals surface area contributed by atoms with Crippen LogP contribution in [0.25, 0.3) is 0 Å². The fourth-order valence-electron chi connectivity index (χ4n) is 1.19. The molecule has 3 N–H and O–H groups in total. The van der Waals surface area contributed by atoms with E-state index in [4.69, 9.17) is 5.73 Å². The summed E-state index contributed by atoms with van der Waals surface area (Å²) in [6.45, 7) is 5.59. The highest BCUT2D eigenvalue weighted by Crippen LogP contribution is 2.06. The molecule has 0 aromatic heterocycles. The van der Waals surface area contributed by atoms with E-state index in [-0.39, 0.29) is 17.9 Å². The molecule has 0 unspecified atom stereocenters. The molecule has 0 spiro atoms. The summed E-state index contributed by atoms with van der Waals surface area (Å²) < 4.78 is 22.4. The molecule has 0 atom stereocenters. The van der Waals surface area contributed by atoms with Crippen molar-refractivity contribution in [2.24, 2.45) is 5.73 Å². The Morgan fingerprint density at radius 3 is 2.33 bits per heavy atom. The molecular formula is C9H20N2O3S. The van der Waals surface area contributed by atoms with Crippen LogP contribution in [-0.4, -0.2) is 37.9 Å². The van der Waals surface area contributed by atoms with Gasteiger partial charge in [0.05, 0.1) is 5.75 Å². The fraction of sp³-hybridized carbons (Fsp3) is 0.889. The molecule has 5 nitrogen and oxygen atoms in total. The fourth-order valence-corrected chi connectivity index (χ4v) is 1.89. The molecule has 15 heavy (non-hydrogen) atoms. The summed E-state index contributed by atoms with van der Waals surface area (Å²) in [6.07, 6.45) is 0.194. The number of rotatable bonds is 7. The van der Waals surface area contributed by atoms with Crippen molar-refractivity contribution >= 4 is 15.7 Å². The number of primary amides is 1. The van der Waals surface area contributed by atoms with Crippen LogP contribution >= 0.6 is 0 Å². The van der Waals surface area contributed by atoms with Gasteiger partial charge in [-0.1, -0.05) is 6.92 Å². The molecule has 0 aromatic carbocycles. The van der Waals surface area contributed by atoms with Gasteiger partial charge in [0, 0.05) is 24.3 Å². The van der Waals surface area contributed by atoms with Crippen LogP contribution in [0.3, 0.4) is 0 Å². The highest BCUT2D eigenvalue weighted by atomic mass is 32.2. The van der Waals surface area contributed by atoms with Crippen LogP contribution in [-0.2, 0) is 14.6 Å². The van der Waals surface area contributed by atoms with Crippen LogP contribution in [0.15, 0.2) is 0 Å². The zero-order valence-corrected chi connectivity index (χ0v) is 10.4. The second-order valence-corrected chi connectivity index (χ2v) is 6.66. The van der Waals surface area contributed by atoms with Gasteiger partial charge in [0.15, 0.2) is 9.84 Å². The van der Waals surface area contributed by atoms with Crippen LogP contribution in [0.4, 0.5) is 0 Å². The van der Waals surface area contributed by atoms with Crippen molar-refractivity contribution in [3.63, 3.8) is 0 Å². The first-order chi connectivity index (χ1) is 6.68. The average molecular weight is 236 g/mol. The van der Waals surface area contributed by atoms with Crippen molar-refractivity contribution in [3.05, 3.63) is 0 Å². The van der Waals surface area contributed by atoms with Gasteiger partial charge in [-0.15, -0.1) is 0 Å². The molecular weight excluding hydrogens is 216 g/mol. The van der Waals surface area contributed by atoms with E-state index in [0.717, 1.165) is 0 Å². The smallest absolute Gasteiger partial charge is 0.219 e. The first-order valence-corrected chi connectivity index (χ1v) is 6.74. The number of sulfone groups is 1. The maximum atomic E-state index is 11.2. The van der Waals surface area contributed by atoms with Gasteiger partial charge in [-0.2, -0.15) is 0 Å². The normalized spacial score (nSPS) is 12.7. The number of hydrogen-bond acceptors (Lipinski definition) is 4. The van der Waals surface area contributed by atoms with Crippen molar-refractivity contribution in [2.75, 3.05) is 18.1 Å². The summed E-state index contributed by atoms with van der Waals surface area (Å²) >= 11 is 0. The highest BCUT2D eigenvalue weighted by Gasteiger charge is 2.20. The minimum Gasteiger partial charge on any atom is -0.370 e. The number of carbonyl (C=O) groups excluding carboxylic acids is 1. The predicted octanol–water partition coefficient (Wildman–Crippen LogP) is -0.335. The monoisotopic (exact) mass is 236 g/mol. The topological polar surface area (TPSA) is 89.3 Å². The Morgan fingerprint density at radius 2 is 1.93 bits per heavy atom. The van der Waals surface area contributed by atoms with E-state index in [2.05, 4.69) is 5.32 Å². The molecule has 0 rings (SSSR count). The Balaban J connectivity index is 4.00. The quantitative estimate of drug-likeness (QED) is 0.633. The van der Waals surface area contributed by atoms with Gasteiger partial charge in [0.25, 0.3) is 0 Å². The lowest BCUT2D eigenvalue weighted by Gasteiger charge is -2.24. The molecule has 0 saturated heterocycles. The minimum atomic E-state index is -2.95. The molecule has 0 fully saturated rings. The molecule has 0 aromatic rings. The van der Waals surface area contributed by atoms with E-state index in [1.165, 1.54) is 0 Å². The molecule has 0 saturated carbocycles. The Morgan fingerprint density at radius 1 is 1.40 bits per heavy atom. The lowest BCUT2D eigenvalue weighted by molar-refractivity contribution is -0.119. The lowest BCUT2D eigenvalue weighted by atomic mass is 10.0. The third kappa shape index (κ3) is 7.33. The van der Waals surface area contributed by atoms with Crippen LogP contribution < -0.4 is 11.1 Å². The predicted molar refractivity (Wildman–Crippen MR) is 60.2 cm³/mol. The molecule has 0 aliphatic carbocycles. The van der Waals surface area contributed by atoms with Crippen molar-refractivity contribution in [3.8, 4) is 0 Å². The molecule has 1 amide bonds. The number of amides is 1. The Kier molecular flexibility index (Phi) is 5.23. The Labute approximate surface area is 91.3 Å². The van der Waals surface area contributed by atoms with Gasteiger partial charge in [0.1, 0.15) is 0 Å². The third-order valence-electron chi connectivity index (χ3n) is 2.07.